The van der Waals surface area contributed by atoms with E-state index in [-0.39, 0.29) is 11.7 Å². The smallest absolute Gasteiger partial charge is 0.222 e. The van der Waals surface area contributed by atoms with Crippen LogP contribution in [0.15, 0.2) is 48.8 Å². The van der Waals surface area contributed by atoms with Crippen LogP contribution in [0.4, 0.5) is 5.69 Å². The third-order valence-corrected chi connectivity index (χ3v) is 4.74. The van der Waals surface area contributed by atoms with Gasteiger partial charge in [-0.1, -0.05) is 0 Å². The van der Waals surface area contributed by atoms with Crippen LogP contribution in [0, 0.1) is 0 Å². The predicted molar refractivity (Wildman–Crippen MR) is 98.9 cm³/mol. The normalized spacial score (nSPS) is 14.6. The van der Waals surface area contributed by atoms with Crippen molar-refractivity contribution in [2.45, 2.75) is 26.3 Å². The van der Waals surface area contributed by atoms with Crippen molar-refractivity contribution in [3.8, 4) is 0 Å². The molecule has 5 nitrogen and oxygen atoms in total. The van der Waals surface area contributed by atoms with Crippen LogP contribution in [0.3, 0.4) is 0 Å². The van der Waals surface area contributed by atoms with Gasteiger partial charge in [0.1, 0.15) is 0 Å². The van der Waals surface area contributed by atoms with E-state index in [1.807, 2.05) is 53.7 Å². The van der Waals surface area contributed by atoms with Gasteiger partial charge in [-0.05, 0) is 49.7 Å². The van der Waals surface area contributed by atoms with Gasteiger partial charge in [0.2, 0.25) is 5.91 Å². The number of hydrogen-bond acceptors (Lipinski definition) is 3. The highest BCUT2D eigenvalue weighted by Gasteiger charge is 2.21. The summed E-state index contributed by atoms with van der Waals surface area (Å²) in [5, 5.41) is 0. The zero-order chi connectivity index (χ0) is 17.6. The Balaban J connectivity index is 1.44. The molecule has 1 aromatic carbocycles. The summed E-state index contributed by atoms with van der Waals surface area (Å²) in [6.45, 7) is 5.66. The Hall–Kier alpha value is -2.56. The first-order chi connectivity index (χ1) is 12.1. The Bertz CT molecular complexity index is 699. The molecule has 0 atom stereocenters. The van der Waals surface area contributed by atoms with Gasteiger partial charge in [0.15, 0.2) is 5.78 Å². The molecular weight excluding hydrogens is 314 g/mol. The molecule has 1 saturated heterocycles. The lowest BCUT2D eigenvalue weighted by atomic mass is 10.1. The average molecular weight is 339 g/mol. The van der Waals surface area contributed by atoms with Crippen LogP contribution in [-0.4, -0.2) is 47.3 Å². The van der Waals surface area contributed by atoms with E-state index in [0.717, 1.165) is 50.4 Å². The van der Waals surface area contributed by atoms with Crippen LogP contribution in [0.2, 0.25) is 0 Å². The van der Waals surface area contributed by atoms with Crippen molar-refractivity contribution in [1.82, 2.24) is 9.47 Å². The number of anilines is 1. The molecule has 25 heavy (non-hydrogen) atoms. The molecule has 0 aliphatic carbocycles. The van der Waals surface area contributed by atoms with E-state index in [0.29, 0.717) is 6.42 Å². The fraction of sp³-hybridized carbons (Fsp3) is 0.400. The van der Waals surface area contributed by atoms with E-state index >= 15 is 0 Å². The molecule has 0 bridgehead atoms. The van der Waals surface area contributed by atoms with Gasteiger partial charge >= 0.3 is 0 Å². The third-order valence-electron chi connectivity index (χ3n) is 4.74. The summed E-state index contributed by atoms with van der Waals surface area (Å²) in [5.41, 5.74) is 1.85. The lowest BCUT2D eigenvalue weighted by molar-refractivity contribution is -0.131. The Kier molecular flexibility index (Phi) is 5.53. The molecule has 3 rings (SSSR count). The number of nitrogens with zero attached hydrogens (tertiary/aromatic N) is 3. The zero-order valence-corrected chi connectivity index (χ0v) is 14.7. The Morgan fingerprint density at radius 1 is 0.960 bits per heavy atom. The molecule has 0 radical (unpaired) electrons. The van der Waals surface area contributed by atoms with Gasteiger partial charge in [-0.3, -0.25) is 9.59 Å². The first kappa shape index (κ1) is 17.3. The van der Waals surface area contributed by atoms with E-state index in [9.17, 15) is 9.59 Å². The molecule has 2 heterocycles. The minimum absolute atomic E-state index is 0.0851. The average Bonchev–Trinajstić information content (AvgIpc) is 3.15. The number of Topliss-reactive ketones (excluding diaryl/α,β-unsaturated/α-hetero) is 1. The Labute approximate surface area is 148 Å². The number of hydrogen-bond donors (Lipinski definition) is 0. The van der Waals surface area contributed by atoms with Crippen LogP contribution in [-0.2, 0) is 11.3 Å². The minimum atomic E-state index is 0.0851. The predicted octanol–water partition coefficient (Wildman–Crippen LogP) is 2.82. The number of aromatic nitrogens is 1. The summed E-state index contributed by atoms with van der Waals surface area (Å²) in [6.07, 6.45) is 5.53. The molecule has 1 aliphatic heterocycles. The van der Waals surface area contributed by atoms with Crippen LogP contribution in [0.25, 0.3) is 0 Å². The van der Waals surface area contributed by atoms with Crippen LogP contribution >= 0.6 is 0 Å². The second kappa shape index (κ2) is 8.01. The zero-order valence-electron chi connectivity index (χ0n) is 14.7. The molecule has 0 spiro atoms. The lowest BCUT2D eigenvalue weighted by Crippen LogP contribution is -2.48. The molecule has 2 aromatic rings. The van der Waals surface area contributed by atoms with Gasteiger partial charge in [0, 0.05) is 62.8 Å². The fourth-order valence-electron chi connectivity index (χ4n) is 3.21. The number of carbonyl (C=O) groups excluding carboxylic acids is 2. The first-order valence-electron chi connectivity index (χ1n) is 8.88. The maximum Gasteiger partial charge on any atom is 0.222 e. The van der Waals surface area contributed by atoms with Crippen LogP contribution in [0.1, 0.15) is 30.1 Å². The number of amides is 1. The maximum absolute atomic E-state index is 12.4. The number of benzene rings is 1. The summed E-state index contributed by atoms with van der Waals surface area (Å²) in [4.78, 5) is 27.9. The van der Waals surface area contributed by atoms with Crippen LogP contribution < -0.4 is 4.90 Å². The summed E-state index contributed by atoms with van der Waals surface area (Å²) >= 11 is 0. The van der Waals surface area contributed by atoms with E-state index in [4.69, 9.17) is 0 Å². The third kappa shape index (κ3) is 4.50. The fourth-order valence-corrected chi connectivity index (χ4v) is 3.21. The SMILES string of the molecule is CC(=O)c1ccc(N2CCN(C(=O)CCCn3cccc3)CC2)cc1. The van der Waals surface area contributed by atoms with Gasteiger partial charge in [-0.2, -0.15) is 0 Å². The maximum atomic E-state index is 12.4. The van der Waals surface area contributed by atoms with Crippen molar-refractivity contribution in [1.29, 1.82) is 0 Å². The van der Waals surface area contributed by atoms with Crippen molar-refractivity contribution >= 4 is 17.4 Å². The van der Waals surface area contributed by atoms with E-state index < -0.39 is 0 Å². The number of aryl methyl sites for hydroxylation is 1. The number of piperazine rings is 1. The van der Waals surface area contributed by atoms with Gasteiger partial charge in [-0.25, -0.2) is 0 Å². The quantitative estimate of drug-likeness (QED) is 0.760. The van der Waals surface area contributed by atoms with E-state index in [2.05, 4.69) is 9.47 Å². The van der Waals surface area contributed by atoms with Gasteiger partial charge in [0.05, 0.1) is 0 Å². The van der Waals surface area contributed by atoms with Crippen LogP contribution in [0.5, 0.6) is 0 Å². The summed E-state index contributed by atoms with van der Waals surface area (Å²) in [7, 11) is 0. The van der Waals surface area contributed by atoms with Crippen molar-refractivity contribution in [2.75, 3.05) is 31.1 Å². The summed E-state index contributed by atoms with van der Waals surface area (Å²) in [6, 6.07) is 11.7. The second-order valence-corrected chi connectivity index (χ2v) is 6.50. The molecule has 132 valence electrons. The molecule has 1 aromatic heterocycles. The van der Waals surface area contributed by atoms with Crippen molar-refractivity contribution < 1.29 is 9.59 Å². The molecule has 1 amide bonds. The number of ketones is 1. The minimum Gasteiger partial charge on any atom is -0.368 e. The first-order valence-corrected chi connectivity index (χ1v) is 8.88. The van der Waals surface area contributed by atoms with Gasteiger partial charge in [-0.15, -0.1) is 0 Å². The van der Waals surface area contributed by atoms with E-state index in [1.54, 1.807) is 6.92 Å². The molecule has 5 heteroatoms. The molecule has 1 aliphatic rings. The van der Waals surface area contributed by atoms with Crippen molar-refractivity contribution in [2.24, 2.45) is 0 Å². The molecule has 1 fully saturated rings. The highest BCUT2D eigenvalue weighted by atomic mass is 16.2. The summed E-state index contributed by atoms with van der Waals surface area (Å²) in [5.74, 6) is 0.334. The monoisotopic (exact) mass is 339 g/mol. The van der Waals surface area contributed by atoms with Gasteiger partial charge < -0.3 is 14.4 Å². The number of rotatable bonds is 6. The molecule has 0 saturated carbocycles. The van der Waals surface area contributed by atoms with Gasteiger partial charge in [0.25, 0.3) is 0 Å². The van der Waals surface area contributed by atoms with Crippen molar-refractivity contribution in [3.05, 3.63) is 54.4 Å². The molecular formula is C20H25N3O2. The number of carbonyl (C=O) groups is 2. The Morgan fingerprint density at radius 3 is 2.20 bits per heavy atom. The highest BCUT2D eigenvalue weighted by Crippen LogP contribution is 2.18. The Morgan fingerprint density at radius 2 is 1.60 bits per heavy atom. The highest BCUT2D eigenvalue weighted by molar-refractivity contribution is 5.94. The standard InChI is InChI=1S/C20H25N3O2/c1-17(24)18-6-8-19(9-7-18)22-13-15-23(16-14-22)20(25)5-4-12-21-10-2-3-11-21/h2-3,6-11H,4-5,12-16H2,1H3. The lowest BCUT2D eigenvalue weighted by Gasteiger charge is -2.36. The van der Waals surface area contributed by atoms with Crippen molar-refractivity contribution in [3.63, 3.8) is 0 Å². The van der Waals surface area contributed by atoms with E-state index in [1.165, 1.54) is 0 Å². The second-order valence-electron chi connectivity index (χ2n) is 6.50. The summed E-state index contributed by atoms with van der Waals surface area (Å²) < 4.78 is 2.11. The topological polar surface area (TPSA) is 45.6 Å². The largest absolute Gasteiger partial charge is 0.368 e. The molecule has 0 N–H and O–H groups in total. The molecule has 0 unspecified atom stereocenters.